The number of anilines is 3. The van der Waals surface area contributed by atoms with Crippen LogP contribution in [-0.4, -0.2) is 42.9 Å². The molecule has 0 atom stereocenters. The Kier molecular flexibility index (Phi) is 7.48. The van der Waals surface area contributed by atoms with E-state index in [4.69, 9.17) is 36.4 Å². The Morgan fingerprint density at radius 2 is 1.13 bits per heavy atom. The Morgan fingerprint density at radius 3 is 1.27 bits per heavy atom. The minimum Gasteiger partial charge on any atom is -0.790 e. The Bertz CT molecular complexity index is 297. The van der Waals surface area contributed by atoms with Crippen LogP contribution in [0.3, 0.4) is 0 Å². The van der Waals surface area contributed by atoms with E-state index >= 15 is 0 Å². The molecule has 0 aliphatic heterocycles. The Morgan fingerprint density at radius 1 is 1.00 bits per heavy atom. The van der Waals surface area contributed by atoms with Gasteiger partial charge < -0.3 is 36.4 Å². The van der Waals surface area contributed by atoms with Gasteiger partial charge in [-0.05, 0) is 0 Å². The van der Waals surface area contributed by atoms with Crippen LogP contribution in [0.25, 0.3) is 0 Å². The van der Waals surface area contributed by atoms with E-state index in [1.54, 1.807) is 0 Å². The number of nitrogens with two attached hydrogens (primary N) is 3. The standard InChI is InChI=1S/C3H6N6.Mg.H3O4P/c4-1-7-2(5)9-3(6)8-1;;1-5(2,3)4/h(H6,4,5,6,7,8,9);;(H3,1,2,3,4)/q;+2;/p-2. The summed E-state index contributed by atoms with van der Waals surface area (Å²) < 4.78 is 8.66. The number of rotatable bonds is 0. The number of phosphoric acid groups is 1. The van der Waals surface area contributed by atoms with Crippen LogP contribution in [-0.2, 0) is 4.57 Å². The molecule has 0 aliphatic carbocycles. The van der Waals surface area contributed by atoms with E-state index in [-0.39, 0.29) is 40.9 Å². The quantitative estimate of drug-likeness (QED) is 0.258. The van der Waals surface area contributed by atoms with Crippen molar-refractivity contribution in [1.29, 1.82) is 0 Å². The van der Waals surface area contributed by atoms with E-state index in [9.17, 15) is 0 Å². The topological polar surface area (TPSA) is 200 Å². The molecule has 0 spiro atoms. The minimum absolute atomic E-state index is 0. The second-order valence-corrected chi connectivity index (χ2v) is 2.82. The third-order valence-corrected chi connectivity index (χ3v) is 0.687. The van der Waals surface area contributed by atoms with Gasteiger partial charge in [-0.2, -0.15) is 15.0 Å². The van der Waals surface area contributed by atoms with E-state index in [0.29, 0.717) is 0 Å². The van der Waals surface area contributed by atoms with Crippen LogP contribution in [0.2, 0.25) is 0 Å². The number of aromatic nitrogens is 3. The van der Waals surface area contributed by atoms with Gasteiger partial charge >= 0.3 is 23.1 Å². The fraction of sp³-hybridized carbons (Fsp3) is 0. The van der Waals surface area contributed by atoms with Crippen molar-refractivity contribution in [2.24, 2.45) is 0 Å². The van der Waals surface area contributed by atoms with Crippen molar-refractivity contribution >= 4 is 48.7 Å². The Balaban J connectivity index is 0. The summed E-state index contributed by atoms with van der Waals surface area (Å²) in [6.07, 6.45) is 0. The first-order valence-electron chi connectivity index (χ1n) is 2.96. The molecule has 0 saturated carbocycles. The minimum atomic E-state index is -5.14. The largest absolute Gasteiger partial charge is 2.00 e. The molecule has 1 rings (SSSR count). The molecule has 0 unspecified atom stereocenters. The van der Waals surface area contributed by atoms with Gasteiger partial charge in [0.15, 0.2) is 0 Å². The van der Waals surface area contributed by atoms with Crippen molar-refractivity contribution < 1.29 is 19.2 Å². The van der Waals surface area contributed by atoms with Crippen molar-refractivity contribution in [2.75, 3.05) is 17.2 Å². The maximum atomic E-state index is 8.66. The molecule has 15 heavy (non-hydrogen) atoms. The first kappa shape index (κ1) is 16.7. The van der Waals surface area contributed by atoms with Gasteiger partial charge in [0.1, 0.15) is 0 Å². The molecule has 7 N–H and O–H groups in total. The third kappa shape index (κ3) is 13.3. The van der Waals surface area contributed by atoms with Crippen LogP contribution in [0.4, 0.5) is 17.8 Å². The van der Waals surface area contributed by atoms with Crippen molar-refractivity contribution in [3.63, 3.8) is 0 Å². The zero-order valence-electron chi connectivity index (χ0n) is 7.40. The van der Waals surface area contributed by atoms with Gasteiger partial charge in [-0.15, -0.1) is 0 Å². The average Bonchev–Trinajstić information content (AvgIpc) is 1.77. The summed E-state index contributed by atoms with van der Waals surface area (Å²) in [7, 11) is -5.14. The molecular weight excluding hydrogens is 239 g/mol. The number of hydrogen-bond acceptors (Lipinski definition) is 9. The van der Waals surface area contributed by atoms with E-state index in [0.717, 1.165) is 0 Å². The molecule has 10 nitrogen and oxygen atoms in total. The average molecular weight is 246 g/mol. The van der Waals surface area contributed by atoms with Crippen molar-refractivity contribution in [1.82, 2.24) is 15.0 Å². The van der Waals surface area contributed by atoms with E-state index in [1.165, 1.54) is 0 Å². The SMILES string of the molecule is Nc1nc(N)nc(N)n1.O=P([O-])([O-])O.[Mg+2]. The molecule has 0 saturated heterocycles. The summed E-state index contributed by atoms with van der Waals surface area (Å²) in [5.74, 6) is 0.125. The number of hydrogen-bond donors (Lipinski definition) is 4. The van der Waals surface area contributed by atoms with Crippen molar-refractivity contribution in [3.8, 4) is 0 Å². The molecule has 0 amide bonds. The van der Waals surface area contributed by atoms with Crippen LogP contribution in [0.1, 0.15) is 0 Å². The summed E-state index contributed by atoms with van der Waals surface area (Å²) >= 11 is 0. The van der Waals surface area contributed by atoms with Gasteiger partial charge in [-0.1, -0.05) is 0 Å². The number of nitrogens with zero attached hydrogens (tertiary/aromatic N) is 3. The molecule has 80 valence electrons. The van der Waals surface area contributed by atoms with Crippen LogP contribution >= 0.6 is 7.82 Å². The van der Waals surface area contributed by atoms with E-state index < -0.39 is 7.82 Å². The molecule has 1 aromatic heterocycles. The molecule has 1 aromatic rings. The maximum absolute atomic E-state index is 8.66. The Labute approximate surface area is 100 Å². The van der Waals surface area contributed by atoms with Gasteiger partial charge in [0.25, 0.3) is 0 Å². The second-order valence-electron chi connectivity index (χ2n) is 1.88. The fourth-order valence-corrected chi connectivity index (χ4v) is 0.427. The zero-order chi connectivity index (χ0) is 11.4. The third-order valence-electron chi connectivity index (χ3n) is 0.687. The summed E-state index contributed by atoms with van der Waals surface area (Å²) in [5.41, 5.74) is 15.4. The summed E-state index contributed by atoms with van der Waals surface area (Å²) in [5, 5.41) is 0. The van der Waals surface area contributed by atoms with Gasteiger partial charge in [-0.25, -0.2) is 0 Å². The molecule has 0 radical (unpaired) electrons. The molecule has 0 bridgehead atoms. The van der Waals surface area contributed by atoms with E-state index in [1.807, 2.05) is 0 Å². The first-order chi connectivity index (χ1) is 6.18. The van der Waals surface area contributed by atoms with Crippen LogP contribution in [0.5, 0.6) is 0 Å². The molecule has 0 fully saturated rings. The van der Waals surface area contributed by atoms with Crippen molar-refractivity contribution in [2.45, 2.75) is 0 Å². The zero-order valence-corrected chi connectivity index (χ0v) is 9.71. The fourth-order valence-electron chi connectivity index (χ4n) is 0.427. The van der Waals surface area contributed by atoms with Gasteiger partial charge in [-0.3, -0.25) is 0 Å². The monoisotopic (exact) mass is 246 g/mol. The normalized spacial score (nSPS) is 9.53. The molecule has 0 aromatic carbocycles. The van der Waals surface area contributed by atoms with E-state index in [2.05, 4.69) is 15.0 Å². The van der Waals surface area contributed by atoms with Crippen LogP contribution in [0.15, 0.2) is 0 Å². The summed E-state index contributed by atoms with van der Waals surface area (Å²) in [6, 6.07) is 0. The first-order valence-corrected chi connectivity index (χ1v) is 4.45. The molecule has 0 aliphatic rings. The summed E-state index contributed by atoms with van der Waals surface area (Å²) in [6.45, 7) is 0. The molecular formula is C3H7MgN6O4P. The van der Waals surface area contributed by atoms with Crippen LogP contribution < -0.4 is 27.0 Å². The molecule has 1 heterocycles. The van der Waals surface area contributed by atoms with Gasteiger partial charge in [0.2, 0.25) is 17.8 Å². The van der Waals surface area contributed by atoms with Gasteiger partial charge in [0.05, 0.1) is 7.82 Å². The predicted molar refractivity (Wildman–Crippen MR) is 48.6 cm³/mol. The summed E-state index contributed by atoms with van der Waals surface area (Å²) in [4.78, 5) is 34.7. The second kappa shape index (κ2) is 6.71. The van der Waals surface area contributed by atoms with Crippen molar-refractivity contribution in [3.05, 3.63) is 0 Å². The predicted octanol–water partition coefficient (Wildman–Crippen LogP) is -3.96. The maximum Gasteiger partial charge on any atom is 2.00 e. The van der Waals surface area contributed by atoms with Crippen LogP contribution in [0, 0.1) is 0 Å². The molecule has 12 heteroatoms. The van der Waals surface area contributed by atoms with Gasteiger partial charge in [0, 0.05) is 0 Å². The number of nitrogen functional groups attached to an aromatic ring is 3. The Hall–Kier alpha value is -0.714. The smallest absolute Gasteiger partial charge is 0.790 e.